The molecule has 0 spiro atoms. The molecule has 2 aromatic carbocycles. The molecule has 6 rings (SSSR count). The second kappa shape index (κ2) is 7.47. The Balaban J connectivity index is 1.38. The molecule has 2 aromatic rings. The number of aryl methyl sites for hydroxylation is 1. The summed E-state index contributed by atoms with van der Waals surface area (Å²) >= 11 is 0. The summed E-state index contributed by atoms with van der Waals surface area (Å²) in [6.07, 6.45) is 7.00. The third-order valence-corrected chi connectivity index (χ3v) is 7.76. The van der Waals surface area contributed by atoms with E-state index < -0.39 is 0 Å². The van der Waals surface area contributed by atoms with Gasteiger partial charge in [-0.2, -0.15) is 0 Å². The van der Waals surface area contributed by atoms with Gasteiger partial charge < -0.3 is 20.1 Å². The first-order chi connectivity index (χ1) is 14.9. The molecule has 4 fully saturated rings. The Kier molecular flexibility index (Phi) is 4.87. The molecular formula is C26H32N2O3. The van der Waals surface area contributed by atoms with Crippen LogP contribution in [0.5, 0.6) is 11.5 Å². The number of carbonyl (C=O) groups is 1. The minimum Gasteiger partial charge on any atom is -0.497 e. The van der Waals surface area contributed by atoms with Gasteiger partial charge in [0.15, 0.2) is 0 Å². The highest BCUT2D eigenvalue weighted by atomic mass is 16.5. The molecule has 4 bridgehead atoms. The van der Waals surface area contributed by atoms with Crippen molar-refractivity contribution in [2.24, 2.45) is 11.8 Å². The van der Waals surface area contributed by atoms with Gasteiger partial charge in [-0.1, -0.05) is 29.8 Å². The predicted molar refractivity (Wildman–Crippen MR) is 122 cm³/mol. The molecule has 4 aliphatic carbocycles. The van der Waals surface area contributed by atoms with Crippen LogP contribution in [0, 0.1) is 18.8 Å². The van der Waals surface area contributed by atoms with Crippen molar-refractivity contribution in [3.63, 3.8) is 0 Å². The van der Waals surface area contributed by atoms with Crippen molar-refractivity contribution in [3.8, 4) is 11.5 Å². The number of carbonyl (C=O) groups excluding carboxylic acids is 1. The molecule has 5 nitrogen and oxygen atoms in total. The number of hydrogen-bond donors (Lipinski definition) is 2. The van der Waals surface area contributed by atoms with Crippen LogP contribution < -0.4 is 20.1 Å². The maximum atomic E-state index is 13.1. The summed E-state index contributed by atoms with van der Waals surface area (Å²) in [5.74, 6) is 2.69. The van der Waals surface area contributed by atoms with Gasteiger partial charge in [0.2, 0.25) is 0 Å². The van der Waals surface area contributed by atoms with E-state index in [-0.39, 0.29) is 17.0 Å². The van der Waals surface area contributed by atoms with E-state index in [4.69, 9.17) is 9.47 Å². The standard InChI is InChI=1S/C26H32N2O3/c1-17-4-6-20(7-5-17)25-12-18-10-19(13-25)15-26(14-18,16-25)28-24(29)27-22-11-21(30-2)8-9-23(22)31-3/h4-9,11,18-19H,10,12-16H2,1-3H3,(H2,27,28,29)/t18-,19+,25?,26?. The molecule has 164 valence electrons. The van der Waals surface area contributed by atoms with Gasteiger partial charge in [0.05, 0.1) is 19.9 Å². The van der Waals surface area contributed by atoms with Crippen molar-refractivity contribution in [1.82, 2.24) is 5.32 Å². The van der Waals surface area contributed by atoms with E-state index in [1.807, 2.05) is 12.1 Å². The third-order valence-electron chi connectivity index (χ3n) is 7.76. The number of ether oxygens (including phenoxy) is 2. The van der Waals surface area contributed by atoms with Gasteiger partial charge in [0, 0.05) is 11.6 Å². The zero-order valence-electron chi connectivity index (χ0n) is 18.7. The van der Waals surface area contributed by atoms with Crippen LogP contribution in [0.2, 0.25) is 0 Å². The molecule has 4 aliphatic rings. The number of anilines is 1. The lowest BCUT2D eigenvalue weighted by Gasteiger charge is -2.62. The number of urea groups is 1. The summed E-state index contributed by atoms with van der Waals surface area (Å²) in [5, 5.41) is 6.44. The van der Waals surface area contributed by atoms with Gasteiger partial charge >= 0.3 is 6.03 Å². The molecule has 0 aromatic heterocycles. The van der Waals surface area contributed by atoms with Crippen molar-refractivity contribution >= 4 is 11.7 Å². The van der Waals surface area contributed by atoms with E-state index in [0.717, 1.165) is 19.3 Å². The molecule has 0 radical (unpaired) electrons. The minimum absolute atomic E-state index is 0.134. The van der Waals surface area contributed by atoms with Gasteiger partial charge in [0.1, 0.15) is 11.5 Å². The van der Waals surface area contributed by atoms with Crippen LogP contribution >= 0.6 is 0 Å². The van der Waals surface area contributed by atoms with Crippen LogP contribution in [0.4, 0.5) is 10.5 Å². The molecule has 0 heterocycles. The van der Waals surface area contributed by atoms with Gasteiger partial charge in [0.25, 0.3) is 0 Å². The van der Waals surface area contributed by atoms with E-state index in [1.165, 1.54) is 30.4 Å². The molecule has 0 aliphatic heterocycles. The highest BCUT2D eigenvalue weighted by molar-refractivity contribution is 5.91. The number of hydrogen-bond acceptors (Lipinski definition) is 3. The average molecular weight is 421 g/mol. The topological polar surface area (TPSA) is 59.6 Å². The fourth-order valence-corrected chi connectivity index (χ4v) is 6.96. The number of nitrogens with one attached hydrogen (secondary N) is 2. The van der Waals surface area contributed by atoms with Crippen LogP contribution in [0.1, 0.15) is 49.7 Å². The summed E-state index contributed by atoms with van der Waals surface area (Å²) < 4.78 is 10.7. The van der Waals surface area contributed by atoms with Crippen LogP contribution in [0.25, 0.3) is 0 Å². The van der Waals surface area contributed by atoms with Gasteiger partial charge in [-0.3, -0.25) is 0 Å². The second-order valence-corrected chi connectivity index (χ2v) is 10.0. The Morgan fingerprint density at radius 2 is 1.68 bits per heavy atom. The van der Waals surface area contributed by atoms with E-state index in [0.29, 0.717) is 29.0 Å². The van der Waals surface area contributed by atoms with Crippen LogP contribution in [0.3, 0.4) is 0 Å². The molecular weight excluding hydrogens is 388 g/mol. The monoisotopic (exact) mass is 420 g/mol. The first kappa shape index (κ1) is 20.2. The highest BCUT2D eigenvalue weighted by Gasteiger charge is 2.58. The number of rotatable bonds is 5. The lowest BCUT2D eigenvalue weighted by atomic mass is 9.45. The fourth-order valence-electron chi connectivity index (χ4n) is 6.96. The van der Waals surface area contributed by atoms with E-state index in [2.05, 4.69) is 41.8 Å². The minimum atomic E-state index is -0.160. The second-order valence-electron chi connectivity index (χ2n) is 10.0. The van der Waals surface area contributed by atoms with E-state index in [9.17, 15) is 4.79 Å². The molecule has 31 heavy (non-hydrogen) atoms. The Labute approximate surface area is 184 Å². The fraction of sp³-hybridized carbons (Fsp3) is 0.500. The first-order valence-corrected chi connectivity index (χ1v) is 11.3. The SMILES string of the molecule is COc1ccc(OC)c(NC(=O)NC23C[C@H]4C[C@@H](C2)CC(c2ccc(C)cc2)(C4)C3)c1. The van der Waals surface area contributed by atoms with Crippen LogP contribution in [0.15, 0.2) is 42.5 Å². The predicted octanol–water partition coefficient (Wildman–Crippen LogP) is 5.42. The highest BCUT2D eigenvalue weighted by Crippen LogP contribution is 2.62. The first-order valence-electron chi connectivity index (χ1n) is 11.3. The smallest absolute Gasteiger partial charge is 0.319 e. The number of benzene rings is 2. The number of amides is 2. The van der Waals surface area contributed by atoms with Crippen molar-refractivity contribution in [2.45, 2.75) is 56.4 Å². The van der Waals surface area contributed by atoms with Crippen LogP contribution in [-0.4, -0.2) is 25.8 Å². The lowest BCUT2D eigenvalue weighted by Crippen LogP contribution is -2.64. The molecule has 4 saturated carbocycles. The molecule has 0 saturated heterocycles. The van der Waals surface area contributed by atoms with Gasteiger partial charge in [-0.05, 0) is 80.4 Å². The average Bonchev–Trinajstić information content (AvgIpc) is 2.72. The summed E-state index contributed by atoms with van der Waals surface area (Å²) in [7, 11) is 3.22. The summed E-state index contributed by atoms with van der Waals surface area (Å²) in [6, 6.07) is 14.4. The Bertz CT molecular complexity index is 971. The van der Waals surface area contributed by atoms with Gasteiger partial charge in [-0.25, -0.2) is 4.79 Å². The number of methoxy groups -OCH3 is 2. The maximum absolute atomic E-state index is 13.1. The summed E-state index contributed by atoms with van der Waals surface area (Å²) in [6.45, 7) is 2.14. The maximum Gasteiger partial charge on any atom is 0.319 e. The largest absolute Gasteiger partial charge is 0.497 e. The summed E-state index contributed by atoms with van der Waals surface area (Å²) in [4.78, 5) is 13.1. The molecule has 2 N–H and O–H groups in total. The molecule has 2 unspecified atom stereocenters. The van der Waals surface area contributed by atoms with Crippen molar-refractivity contribution in [1.29, 1.82) is 0 Å². The molecule has 2 amide bonds. The zero-order valence-corrected chi connectivity index (χ0v) is 18.7. The van der Waals surface area contributed by atoms with Crippen molar-refractivity contribution in [3.05, 3.63) is 53.6 Å². The molecule has 4 atom stereocenters. The Hall–Kier alpha value is -2.69. The summed E-state index contributed by atoms with van der Waals surface area (Å²) in [5.41, 5.74) is 3.43. The zero-order chi connectivity index (χ0) is 21.6. The Morgan fingerprint density at radius 3 is 2.32 bits per heavy atom. The van der Waals surface area contributed by atoms with E-state index >= 15 is 0 Å². The van der Waals surface area contributed by atoms with E-state index in [1.54, 1.807) is 20.3 Å². The van der Waals surface area contributed by atoms with Crippen molar-refractivity contribution < 1.29 is 14.3 Å². The van der Waals surface area contributed by atoms with Gasteiger partial charge in [-0.15, -0.1) is 0 Å². The third kappa shape index (κ3) is 3.64. The Morgan fingerprint density at radius 1 is 0.968 bits per heavy atom. The quantitative estimate of drug-likeness (QED) is 0.679. The van der Waals surface area contributed by atoms with Crippen LogP contribution in [-0.2, 0) is 5.41 Å². The molecule has 5 heteroatoms. The van der Waals surface area contributed by atoms with Crippen molar-refractivity contribution in [2.75, 3.05) is 19.5 Å². The lowest BCUT2D eigenvalue weighted by molar-refractivity contribution is -0.0343. The normalized spacial score (nSPS) is 30.7.